The lowest BCUT2D eigenvalue weighted by atomic mass is 9.96. The highest BCUT2D eigenvalue weighted by Gasteiger charge is 2.34. The number of pyridine rings is 1. The normalized spacial score (nSPS) is 18.9. The molecule has 3 aromatic rings. The summed E-state index contributed by atoms with van der Waals surface area (Å²) in [5.41, 5.74) is 2.08. The Hall–Kier alpha value is -3.52. The Morgan fingerprint density at radius 1 is 0.944 bits per heavy atom. The number of carbonyl (C=O) groups excluding carboxylic acids is 1. The Kier molecular flexibility index (Phi) is 7.13. The topological polar surface area (TPSA) is 57.6 Å². The molecule has 2 aliphatic heterocycles. The van der Waals surface area contributed by atoms with Crippen LogP contribution in [-0.2, 0) is 6.54 Å². The van der Waals surface area contributed by atoms with Gasteiger partial charge in [-0.15, -0.1) is 0 Å². The fraction of sp³-hybridized carbons (Fsp3) is 0.357. The highest BCUT2D eigenvalue weighted by molar-refractivity contribution is 5.75. The van der Waals surface area contributed by atoms with Crippen molar-refractivity contribution in [3.8, 4) is 11.1 Å². The van der Waals surface area contributed by atoms with Crippen molar-refractivity contribution < 1.29 is 13.6 Å². The number of carbonyl (C=O) groups is 1. The van der Waals surface area contributed by atoms with E-state index in [-0.39, 0.29) is 23.1 Å². The molecule has 1 atom stereocenters. The third kappa shape index (κ3) is 5.18. The second-order valence-corrected chi connectivity index (χ2v) is 9.56. The number of hydrogen-bond donors (Lipinski definition) is 1. The monoisotopic (exact) mass is 492 g/mol. The summed E-state index contributed by atoms with van der Waals surface area (Å²) in [4.78, 5) is 29.5. The standard InChI is InChI=1S/C28H30F2N4O2/c29-23-6-7-25(30)24(17-23)26-18-31-11-15-34(26)28(36)32-12-8-20(9-13-32)19-33-14-10-22(16-27(33)35)21-4-2-1-3-5-21/h1-7,10,14,16-17,20,26,31H,8-9,11-13,15,18-19H2/t26-/m0/s1. The van der Waals surface area contributed by atoms with Gasteiger partial charge < -0.3 is 19.7 Å². The molecule has 0 spiro atoms. The van der Waals surface area contributed by atoms with Gasteiger partial charge in [0.25, 0.3) is 5.56 Å². The third-order valence-corrected chi connectivity index (χ3v) is 7.25. The minimum Gasteiger partial charge on any atom is -0.325 e. The summed E-state index contributed by atoms with van der Waals surface area (Å²) in [5, 5.41) is 3.19. The second kappa shape index (κ2) is 10.6. The molecule has 2 fully saturated rings. The maximum absolute atomic E-state index is 14.5. The number of rotatable bonds is 4. The third-order valence-electron chi connectivity index (χ3n) is 7.25. The van der Waals surface area contributed by atoms with Gasteiger partial charge in [0.1, 0.15) is 11.6 Å². The molecule has 1 aromatic heterocycles. The zero-order valence-electron chi connectivity index (χ0n) is 20.1. The van der Waals surface area contributed by atoms with Gasteiger partial charge in [0.2, 0.25) is 0 Å². The van der Waals surface area contributed by atoms with Crippen LogP contribution >= 0.6 is 0 Å². The number of urea groups is 1. The lowest BCUT2D eigenvalue weighted by Crippen LogP contribution is -2.54. The van der Waals surface area contributed by atoms with Crippen molar-refractivity contribution in [3.05, 3.63) is 94.4 Å². The predicted octanol–water partition coefficient (Wildman–Crippen LogP) is 4.27. The number of benzene rings is 2. The smallest absolute Gasteiger partial charge is 0.320 e. The zero-order valence-corrected chi connectivity index (χ0v) is 20.1. The fourth-order valence-electron chi connectivity index (χ4n) is 5.22. The summed E-state index contributed by atoms with van der Waals surface area (Å²) in [6, 6.07) is 16.1. The maximum atomic E-state index is 14.5. The van der Waals surface area contributed by atoms with Crippen LogP contribution < -0.4 is 10.9 Å². The zero-order chi connectivity index (χ0) is 25.1. The molecule has 2 aromatic carbocycles. The van der Waals surface area contributed by atoms with Gasteiger partial charge in [0.05, 0.1) is 6.04 Å². The van der Waals surface area contributed by atoms with Crippen molar-refractivity contribution >= 4 is 6.03 Å². The molecule has 0 radical (unpaired) electrons. The summed E-state index contributed by atoms with van der Waals surface area (Å²) in [5.74, 6) is -0.739. The Labute approximate surface area is 209 Å². The van der Waals surface area contributed by atoms with Gasteiger partial charge >= 0.3 is 6.03 Å². The van der Waals surface area contributed by atoms with Crippen molar-refractivity contribution in [1.29, 1.82) is 0 Å². The first-order valence-electron chi connectivity index (χ1n) is 12.5. The molecule has 3 heterocycles. The number of aromatic nitrogens is 1. The summed E-state index contributed by atoms with van der Waals surface area (Å²) < 4.78 is 30.0. The van der Waals surface area contributed by atoms with E-state index in [1.54, 1.807) is 20.4 Å². The molecule has 2 amide bonds. The van der Waals surface area contributed by atoms with Crippen LogP contribution in [0.25, 0.3) is 11.1 Å². The molecule has 188 valence electrons. The van der Waals surface area contributed by atoms with Gasteiger partial charge in [-0.3, -0.25) is 4.79 Å². The number of nitrogens with one attached hydrogen (secondary N) is 1. The predicted molar refractivity (Wildman–Crippen MR) is 135 cm³/mol. The molecule has 0 bridgehead atoms. The van der Waals surface area contributed by atoms with Crippen LogP contribution in [0, 0.1) is 17.6 Å². The lowest BCUT2D eigenvalue weighted by Gasteiger charge is -2.41. The SMILES string of the molecule is O=C(N1CCC(Cn2ccc(-c3ccccc3)cc2=O)CC1)N1CCNC[C@H]1c1cc(F)ccc1F. The number of likely N-dealkylation sites (tertiary alicyclic amines) is 1. The van der Waals surface area contributed by atoms with Gasteiger partial charge in [0.15, 0.2) is 0 Å². The fourth-order valence-corrected chi connectivity index (χ4v) is 5.22. The lowest BCUT2D eigenvalue weighted by molar-refractivity contribution is 0.103. The van der Waals surface area contributed by atoms with E-state index in [0.29, 0.717) is 39.3 Å². The van der Waals surface area contributed by atoms with Gasteiger partial charge in [0, 0.05) is 57.1 Å². The number of piperidine rings is 1. The number of piperazine rings is 1. The summed E-state index contributed by atoms with van der Waals surface area (Å²) >= 11 is 0. The second-order valence-electron chi connectivity index (χ2n) is 9.56. The number of nitrogens with zero attached hydrogens (tertiary/aromatic N) is 3. The maximum Gasteiger partial charge on any atom is 0.320 e. The Bertz CT molecular complexity index is 1270. The quantitative estimate of drug-likeness (QED) is 0.592. The molecule has 5 rings (SSSR count). The number of halogens is 2. The molecule has 1 N–H and O–H groups in total. The summed E-state index contributed by atoms with van der Waals surface area (Å²) in [6.45, 7) is 3.18. The van der Waals surface area contributed by atoms with E-state index in [0.717, 1.165) is 36.1 Å². The molecule has 6 nitrogen and oxygen atoms in total. The average molecular weight is 493 g/mol. The van der Waals surface area contributed by atoms with E-state index in [9.17, 15) is 18.4 Å². The minimum absolute atomic E-state index is 0.0318. The Morgan fingerprint density at radius 2 is 1.72 bits per heavy atom. The first-order chi connectivity index (χ1) is 17.5. The molecule has 0 unspecified atom stereocenters. The first-order valence-corrected chi connectivity index (χ1v) is 12.5. The van der Waals surface area contributed by atoms with Crippen LogP contribution in [0.5, 0.6) is 0 Å². The molecule has 2 saturated heterocycles. The van der Waals surface area contributed by atoms with E-state index < -0.39 is 17.7 Å². The molecule has 0 aliphatic carbocycles. The van der Waals surface area contributed by atoms with Crippen molar-refractivity contribution in [3.63, 3.8) is 0 Å². The van der Waals surface area contributed by atoms with Crippen LogP contribution in [0.2, 0.25) is 0 Å². The van der Waals surface area contributed by atoms with Gasteiger partial charge in [-0.05, 0) is 54.2 Å². The van der Waals surface area contributed by atoms with E-state index in [1.807, 2.05) is 42.6 Å². The molecular weight excluding hydrogens is 462 g/mol. The largest absolute Gasteiger partial charge is 0.325 e. The van der Waals surface area contributed by atoms with Crippen molar-refractivity contribution in [2.45, 2.75) is 25.4 Å². The highest BCUT2D eigenvalue weighted by Crippen LogP contribution is 2.28. The molecule has 2 aliphatic rings. The van der Waals surface area contributed by atoms with Crippen LogP contribution in [0.3, 0.4) is 0 Å². The van der Waals surface area contributed by atoms with Crippen LogP contribution in [0.4, 0.5) is 13.6 Å². The number of amides is 2. The van der Waals surface area contributed by atoms with Crippen molar-refractivity contribution in [1.82, 2.24) is 19.7 Å². The average Bonchev–Trinajstić information content (AvgIpc) is 2.92. The number of hydrogen-bond acceptors (Lipinski definition) is 3. The van der Waals surface area contributed by atoms with Gasteiger partial charge in [-0.2, -0.15) is 0 Å². The van der Waals surface area contributed by atoms with Crippen LogP contribution in [0.15, 0.2) is 71.7 Å². The summed E-state index contributed by atoms with van der Waals surface area (Å²) in [6.07, 6.45) is 3.41. The first kappa shape index (κ1) is 24.2. The molecule has 0 saturated carbocycles. The van der Waals surface area contributed by atoms with E-state index in [2.05, 4.69) is 5.32 Å². The molecule has 36 heavy (non-hydrogen) atoms. The minimum atomic E-state index is -0.554. The Balaban J connectivity index is 1.21. The van der Waals surface area contributed by atoms with Crippen LogP contribution in [0.1, 0.15) is 24.4 Å². The highest BCUT2D eigenvalue weighted by atomic mass is 19.1. The van der Waals surface area contributed by atoms with E-state index in [1.165, 1.54) is 6.07 Å². The summed E-state index contributed by atoms with van der Waals surface area (Å²) in [7, 11) is 0. The van der Waals surface area contributed by atoms with Crippen LogP contribution in [-0.4, -0.2) is 53.1 Å². The van der Waals surface area contributed by atoms with Crippen molar-refractivity contribution in [2.24, 2.45) is 5.92 Å². The molecule has 8 heteroatoms. The van der Waals surface area contributed by atoms with E-state index >= 15 is 0 Å². The molecular formula is C28H30F2N4O2. The van der Waals surface area contributed by atoms with Crippen molar-refractivity contribution in [2.75, 3.05) is 32.7 Å². The van der Waals surface area contributed by atoms with Gasteiger partial charge in [-0.25, -0.2) is 13.6 Å². The van der Waals surface area contributed by atoms with Gasteiger partial charge in [-0.1, -0.05) is 30.3 Å². The van der Waals surface area contributed by atoms with E-state index in [4.69, 9.17) is 0 Å². The Morgan fingerprint density at radius 3 is 2.47 bits per heavy atom.